The van der Waals surface area contributed by atoms with Crippen LogP contribution in [-0.2, 0) is 17.4 Å². The summed E-state index contributed by atoms with van der Waals surface area (Å²) < 4.78 is 31.6. The number of aromatic nitrogens is 2. The molecule has 0 aliphatic carbocycles. The highest BCUT2D eigenvalue weighted by Crippen LogP contribution is 2.39. The number of nitrogens with zero attached hydrogens (tertiary/aromatic N) is 2. The van der Waals surface area contributed by atoms with Gasteiger partial charge in [-0.05, 0) is 84.8 Å². The highest BCUT2D eigenvalue weighted by atomic mass is 79.9. The van der Waals surface area contributed by atoms with Crippen LogP contribution >= 0.6 is 15.9 Å². The van der Waals surface area contributed by atoms with Gasteiger partial charge in [0.05, 0.1) is 15.7 Å². The molecule has 0 saturated heterocycles. The van der Waals surface area contributed by atoms with Gasteiger partial charge in [0, 0.05) is 22.7 Å². The number of benzene rings is 2. The first-order chi connectivity index (χ1) is 15.7. The quantitative estimate of drug-likeness (QED) is 0.288. The third-order valence-corrected chi connectivity index (χ3v) is 7.68. The average Bonchev–Trinajstić information content (AvgIpc) is 3.18. The van der Waals surface area contributed by atoms with Crippen LogP contribution < -0.4 is 5.14 Å². The summed E-state index contributed by atoms with van der Waals surface area (Å²) in [5, 5.41) is 10.9. The summed E-state index contributed by atoms with van der Waals surface area (Å²) in [7, 11) is -1.51. The second kappa shape index (κ2) is 9.44. The maximum absolute atomic E-state index is 13.7. The van der Waals surface area contributed by atoms with Gasteiger partial charge in [-0.15, -0.1) is 0 Å². The van der Waals surface area contributed by atoms with Gasteiger partial charge >= 0.3 is 0 Å². The summed E-state index contributed by atoms with van der Waals surface area (Å²) in [6, 6.07) is 16.3. The Bertz CT molecular complexity index is 1340. The third kappa shape index (κ3) is 5.08. The molecular weight excluding hydrogens is 505 g/mol. The molecular formula is C25H25BrFN3O2S. The molecule has 0 radical (unpaired) electrons. The van der Waals surface area contributed by atoms with Gasteiger partial charge in [-0.2, -0.15) is 0 Å². The van der Waals surface area contributed by atoms with Crippen molar-refractivity contribution in [3.8, 4) is 11.3 Å². The summed E-state index contributed by atoms with van der Waals surface area (Å²) in [6.07, 6.45) is 1.21. The molecule has 0 aliphatic rings. The number of hydrogen-bond donors (Lipinski definition) is 1. The Hall–Kier alpha value is -2.42. The zero-order chi connectivity index (χ0) is 23.8. The van der Waals surface area contributed by atoms with Crippen LogP contribution in [0.25, 0.3) is 22.2 Å². The zero-order valence-corrected chi connectivity index (χ0v) is 21.0. The van der Waals surface area contributed by atoms with Gasteiger partial charge in [0.25, 0.3) is 0 Å². The molecule has 2 aromatic heterocycles. The second-order valence-electron chi connectivity index (χ2n) is 8.82. The van der Waals surface area contributed by atoms with Crippen LogP contribution in [0, 0.1) is 12.7 Å². The van der Waals surface area contributed by atoms with Crippen molar-refractivity contribution in [3.05, 3.63) is 81.8 Å². The van der Waals surface area contributed by atoms with E-state index in [-0.39, 0.29) is 11.7 Å². The minimum Gasteiger partial charge on any atom is -0.356 e. The van der Waals surface area contributed by atoms with Crippen molar-refractivity contribution in [2.45, 2.75) is 44.3 Å². The predicted molar refractivity (Wildman–Crippen MR) is 134 cm³/mol. The van der Waals surface area contributed by atoms with E-state index in [2.05, 4.69) is 21.1 Å². The summed E-state index contributed by atoms with van der Waals surface area (Å²) >= 11 is 3.47. The lowest BCUT2D eigenvalue weighted by atomic mass is 9.82. The van der Waals surface area contributed by atoms with E-state index >= 15 is 0 Å². The molecule has 2 N–H and O–H groups in total. The smallest absolute Gasteiger partial charge is 0.170 e. The van der Waals surface area contributed by atoms with E-state index in [9.17, 15) is 8.60 Å². The SMILES string of the molecule is Cc1ccc(Br)nc1C[C@@H](CC(C)(C)S(N)=O)c1ccccc1-c1noc2cc(F)ccc12. The zero-order valence-electron chi connectivity index (χ0n) is 18.6. The summed E-state index contributed by atoms with van der Waals surface area (Å²) in [4.78, 5) is 4.70. The van der Waals surface area contributed by atoms with Gasteiger partial charge in [0.1, 0.15) is 16.1 Å². The van der Waals surface area contributed by atoms with Crippen LogP contribution in [0.2, 0.25) is 0 Å². The van der Waals surface area contributed by atoms with Crippen LogP contribution in [-0.4, -0.2) is 19.1 Å². The first kappa shape index (κ1) is 23.7. The lowest BCUT2D eigenvalue weighted by Crippen LogP contribution is -2.34. The first-order valence-electron chi connectivity index (χ1n) is 10.6. The minimum absolute atomic E-state index is 0.0450. The molecule has 2 heterocycles. The molecule has 0 amide bonds. The highest BCUT2D eigenvalue weighted by Gasteiger charge is 2.31. The lowest BCUT2D eigenvalue weighted by molar-refractivity contribution is 0.457. The fraction of sp³-hybridized carbons (Fsp3) is 0.280. The number of fused-ring (bicyclic) bond motifs is 1. The Morgan fingerprint density at radius 2 is 1.94 bits per heavy atom. The molecule has 4 aromatic rings. The van der Waals surface area contributed by atoms with Gasteiger partial charge in [-0.25, -0.2) is 13.6 Å². The normalized spacial score (nSPS) is 13.9. The van der Waals surface area contributed by atoms with E-state index in [1.807, 2.05) is 57.2 Å². The Kier molecular flexibility index (Phi) is 6.79. The Labute approximate surface area is 203 Å². The van der Waals surface area contributed by atoms with Crippen molar-refractivity contribution in [3.63, 3.8) is 0 Å². The molecule has 2 aromatic carbocycles. The Morgan fingerprint density at radius 3 is 2.70 bits per heavy atom. The third-order valence-electron chi connectivity index (χ3n) is 5.98. The van der Waals surface area contributed by atoms with Gasteiger partial charge in [0.2, 0.25) is 0 Å². The van der Waals surface area contributed by atoms with Crippen LogP contribution in [0.1, 0.15) is 43.0 Å². The first-order valence-corrected chi connectivity index (χ1v) is 12.6. The van der Waals surface area contributed by atoms with Crippen molar-refractivity contribution < 1.29 is 13.1 Å². The predicted octanol–water partition coefficient (Wildman–Crippen LogP) is 6.22. The second-order valence-corrected chi connectivity index (χ2v) is 11.3. The number of aryl methyl sites for hydroxylation is 1. The van der Waals surface area contributed by atoms with Gasteiger partial charge in [-0.3, -0.25) is 5.14 Å². The van der Waals surface area contributed by atoms with Crippen LogP contribution in [0.15, 0.2) is 63.7 Å². The number of hydrogen-bond acceptors (Lipinski definition) is 4. The molecule has 0 spiro atoms. The largest absolute Gasteiger partial charge is 0.356 e. The van der Waals surface area contributed by atoms with Crippen molar-refractivity contribution in [1.29, 1.82) is 0 Å². The molecule has 0 bridgehead atoms. The molecule has 4 rings (SSSR count). The Morgan fingerprint density at radius 1 is 1.18 bits per heavy atom. The average molecular weight is 530 g/mol. The standard InChI is InChI=1S/C25H25BrFN3O2S/c1-15-8-11-23(26)29-21(15)12-16(14-25(2,3)33(28)31)18-6-4-5-7-19(18)24-20-10-9-17(27)13-22(20)32-30-24/h4-11,13,16H,12,14,28H2,1-3H3/t16-,33?/m0/s1. The van der Waals surface area contributed by atoms with Gasteiger partial charge < -0.3 is 4.52 Å². The molecule has 172 valence electrons. The van der Waals surface area contributed by atoms with Gasteiger partial charge in [0.15, 0.2) is 5.58 Å². The van der Waals surface area contributed by atoms with Crippen LogP contribution in [0.4, 0.5) is 4.39 Å². The fourth-order valence-corrected chi connectivity index (χ4v) is 4.84. The number of nitrogens with two attached hydrogens (primary N) is 1. The van der Waals surface area contributed by atoms with E-state index in [0.29, 0.717) is 24.1 Å². The topological polar surface area (TPSA) is 82.0 Å². The molecule has 2 atom stereocenters. The summed E-state index contributed by atoms with van der Waals surface area (Å²) in [5.74, 6) is -0.420. The van der Waals surface area contributed by atoms with E-state index in [0.717, 1.165) is 32.4 Å². The minimum atomic E-state index is -1.51. The maximum Gasteiger partial charge on any atom is 0.170 e. The van der Waals surface area contributed by atoms with Crippen molar-refractivity contribution in [2.75, 3.05) is 0 Å². The van der Waals surface area contributed by atoms with Crippen molar-refractivity contribution in [2.24, 2.45) is 5.14 Å². The van der Waals surface area contributed by atoms with Crippen LogP contribution in [0.5, 0.6) is 0 Å². The van der Waals surface area contributed by atoms with E-state index in [1.54, 1.807) is 6.07 Å². The van der Waals surface area contributed by atoms with E-state index in [1.165, 1.54) is 12.1 Å². The summed E-state index contributed by atoms with van der Waals surface area (Å²) in [6.45, 7) is 5.85. The maximum atomic E-state index is 13.7. The fourth-order valence-electron chi connectivity index (χ4n) is 4.13. The van der Waals surface area contributed by atoms with E-state index < -0.39 is 15.7 Å². The molecule has 8 heteroatoms. The molecule has 0 fully saturated rings. The molecule has 0 saturated carbocycles. The highest BCUT2D eigenvalue weighted by molar-refractivity contribution is 9.10. The summed E-state index contributed by atoms with van der Waals surface area (Å²) in [5.41, 5.74) is 4.99. The van der Waals surface area contributed by atoms with E-state index in [4.69, 9.17) is 14.6 Å². The molecule has 1 unspecified atom stereocenters. The van der Waals surface area contributed by atoms with Crippen LogP contribution in [0.3, 0.4) is 0 Å². The van der Waals surface area contributed by atoms with Crippen molar-refractivity contribution in [1.82, 2.24) is 10.1 Å². The molecule has 33 heavy (non-hydrogen) atoms. The number of pyridine rings is 1. The van der Waals surface area contributed by atoms with Gasteiger partial charge in [-0.1, -0.05) is 35.5 Å². The number of rotatable bonds is 7. The Balaban J connectivity index is 1.85. The molecule has 5 nitrogen and oxygen atoms in total. The number of halogens is 2. The lowest BCUT2D eigenvalue weighted by Gasteiger charge is -2.29. The molecule has 0 aliphatic heterocycles. The van der Waals surface area contributed by atoms with Crippen molar-refractivity contribution >= 4 is 37.9 Å². The monoisotopic (exact) mass is 529 g/mol.